The second-order valence-corrected chi connectivity index (χ2v) is 4.82. The molecule has 0 saturated carbocycles. The highest BCUT2D eigenvalue weighted by molar-refractivity contribution is 5.69. The van der Waals surface area contributed by atoms with E-state index < -0.39 is 0 Å². The first kappa shape index (κ1) is 13.5. The summed E-state index contributed by atoms with van der Waals surface area (Å²) in [7, 11) is 0. The van der Waals surface area contributed by atoms with Gasteiger partial charge in [-0.05, 0) is 46.6 Å². The van der Waals surface area contributed by atoms with E-state index in [1.54, 1.807) is 0 Å². The van der Waals surface area contributed by atoms with Crippen LogP contribution in [0.5, 0.6) is 0 Å². The van der Waals surface area contributed by atoms with Gasteiger partial charge in [0.05, 0.1) is 6.61 Å². The molecule has 0 aromatic heterocycles. The van der Waals surface area contributed by atoms with Crippen LogP contribution in [0.3, 0.4) is 0 Å². The molecule has 1 rings (SSSR count). The molecule has 16 heavy (non-hydrogen) atoms. The summed E-state index contributed by atoms with van der Waals surface area (Å²) in [5.74, 6) is -0.0446. The molecule has 1 aliphatic heterocycles. The van der Waals surface area contributed by atoms with Crippen molar-refractivity contribution < 1.29 is 9.53 Å². The van der Waals surface area contributed by atoms with E-state index in [4.69, 9.17) is 4.74 Å². The van der Waals surface area contributed by atoms with Crippen LogP contribution >= 0.6 is 0 Å². The van der Waals surface area contributed by atoms with E-state index >= 15 is 0 Å². The third kappa shape index (κ3) is 4.12. The van der Waals surface area contributed by atoms with Crippen LogP contribution in [0.4, 0.5) is 0 Å². The topological polar surface area (TPSA) is 29.5 Å². The minimum absolute atomic E-state index is 0.0446. The van der Waals surface area contributed by atoms with Crippen molar-refractivity contribution in [1.82, 2.24) is 4.90 Å². The predicted molar refractivity (Wildman–Crippen MR) is 65.3 cm³/mol. The number of likely N-dealkylation sites (tertiary alicyclic amines) is 1. The fourth-order valence-corrected chi connectivity index (χ4v) is 2.53. The number of ether oxygens (including phenoxy) is 1. The number of piperidine rings is 1. The Labute approximate surface area is 99.1 Å². The molecule has 0 radical (unpaired) electrons. The minimum Gasteiger partial charge on any atom is -0.466 e. The highest BCUT2D eigenvalue weighted by Gasteiger charge is 2.24. The lowest BCUT2D eigenvalue weighted by atomic mass is 9.96. The first-order valence-corrected chi connectivity index (χ1v) is 6.56. The van der Waals surface area contributed by atoms with Gasteiger partial charge in [0.15, 0.2) is 0 Å². The summed E-state index contributed by atoms with van der Waals surface area (Å²) in [5, 5.41) is 0. The molecule has 0 spiro atoms. The first-order chi connectivity index (χ1) is 7.65. The summed E-state index contributed by atoms with van der Waals surface area (Å²) >= 11 is 0. The van der Waals surface area contributed by atoms with Gasteiger partial charge in [0.2, 0.25) is 0 Å². The molecular formula is C13H25NO2. The molecule has 0 amide bonds. The molecule has 0 aliphatic carbocycles. The third-order valence-electron chi connectivity index (χ3n) is 3.32. The van der Waals surface area contributed by atoms with E-state index in [0.29, 0.717) is 25.1 Å². The summed E-state index contributed by atoms with van der Waals surface area (Å²) in [6.07, 6.45) is 5.36. The number of rotatable bonds is 5. The summed E-state index contributed by atoms with van der Waals surface area (Å²) in [6, 6.07) is 1.17. The molecule has 0 aromatic carbocycles. The van der Waals surface area contributed by atoms with Crippen LogP contribution in [-0.2, 0) is 9.53 Å². The average molecular weight is 227 g/mol. The smallest absolute Gasteiger partial charge is 0.305 e. The maximum Gasteiger partial charge on any atom is 0.305 e. The fourth-order valence-electron chi connectivity index (χ4n) is 2.53. The Morgan fingerprint density at radius 1 is 1.44 bits per heavy atom. The van der Waals surface area contributed by atoms with E-state index in [-0.39, 0.29) is 5.97 Å². The van der Waals surface area contributed by atoms with Gasteiger partial charge in [-0.3, -0.25) is 9.69 Å². The highest BCUT2D eigenvalue weighted by atomic mass is 16.5. The lowest BCUT2D eigenvalue weighted by molar-refractivity contribution is -0.143. The number of carbonyl (C=O) groups is 1. The van der Waals surface area contributed by atoms with Gasteiger partial charge in [0, 0.05) is 18.5 Å². The average Bonchev–Trinajstić information content (AvgIpc) is 2.27. The van der Waals surface area contributed by atoms with E-state index in [9.17, 15) is 4.79 Å². The summed E-state index contributed by atoms with van der Waals surface area (Å²) in [6.45, 7) is 8.02. The van der Waals surface area contributed by atoms with E-state index in [2.05, 4.69) is 18.7 Å². The van der Waals surface area contributed by atoms with Crippen LogP contribution in [0.15, 0.2) is 0 Å². The monoisotopic (exact) mass is 227 g/mol. The second-order valence-electron chi connectivity index (χ2n) is 4.82. The predicted octanol–water partition coefficient (Wildman–Crippen LogP) is 2.59. The van der Waals surface area contributed by atoms with E-state index in [1.165, 1.54) is 25.8 Å². The minimum atomic E-state index is -0.0446. The zero-order valence-electron chi connectivity index (χ0n) is 10.9. The Hall–Kier alpha value is -0.570. The highest BCUT2D eigenvalue weighted by Crippen LogP contribution is 2.23. The molecule has 1 atom stereocenters. The Kier molecular flexibility index (Phi) is 5.81. The van der Waals surface area contributed by atoms with Crippen LogP contribution < -0.4 is 0 Å². The molecule has 1 heterocycles. The van der Waals surface area contributed by atoms with Crippen LogP contribution in [-0.4, -0.2) is 36.1 Å². The van der Waals surface area contributed by atoms with Crippen molar-refractivity contribution in [2.45, 2.75) is 65.0 Å². The van der Waals surface area contributed by atoms with Crippen molar-refractivity contribution in [2.24, 2.45) is 0 Å². The molecule has 1 fully saturated rings. The van der Waals surface area contributed by atoms with Crippen molar-refractivity contribution in [3.05, 3.63) is 0 Å². The van der Waals surface area contributed by atoms with Crippen molar-refractivity contribution in [1.29, 1.82) is 0 Å². The van der Waals surface area contributed by atoms with Gasteiger partial charge in [-0.1, -0.05) is 6.42 Å². The zero-order valence-corrected chi connectivity index (χ0v) is 10.9. The van der Waals surface area contributed by atoms with Crippen molar-refractivity contribution >= 4 is 5.97 Å². The van der Waals surface area contributed by atoms with Crippen molar-refractivity contribution in [3.8, 4) is 0 Å². The Balaban J connectivity index is 2.35. The van der Waals surface area contributed by atoms with Crippen LogP contribution in [0.2, 0.25) is 0 Å². The Morgan fingerprint density at radius 2 is 2.19 bits per heavy atom. The summed E-state index contributed by atoms with van der Waals surface area (Å²) < 4.78 is 4.97. The van der Waals surface area contributed by atoms with Crippen LogP contribution in [0.1, 0.15) is 52.9 Å². The van der Waals surface area contributed by atoms with E-state index in [0.717, 1.165) is 6.42 Å². The van der Waals surface area contributed by atoms with Gasteiger partial charge >= 0.3 is 5.97 Å². The largest absolute Gasteiger partial charge is 0.466 e. The normalized spacial score (nSPS) is 22.4. The standard InChI is InChI=1S/C13H25NO2/c1-4-16-13(15)9-8-12-7-5-6-10-14(12)11(2)3/h11-12H,4-10H2,1-3H3. The number of hydrogen-bond acceptors (Lipinski definition) is 3. The van der Waals surface area contributed by atoms with Crippen molar-refractivity contribution in [2.75, 3.05) is 13.2 Å². The molecule has 3 nitrogen and oxygen atoms in total. The van der Waals surface area contributed by atoms with Crippen molar-refractivity contribution in [3.63, 3.8) is 0 Å². The molecule has 0 aromatic rings. The quantitative estimate of drug-likeness (QED) is 0.676. The molecular weight excluding hydrogens is 202 g/mol. The third-order valence-corrected chi connectivity index (χ3v) is 3.32. The second kappa shape index (κ2) is 6.89. The first-order valence-electron chi connectivity index (χ1n) is 6.56. The Morgan fingerprint density at radius 3 is 2.81 bits per heavy atom. The van der Waals surface area contributed by atoms with Crippen LogP contribution in [0.25, 0.3) is 0 Å². The zero-order chi connectivity index (χ0) is 12.0. The lowest BCUT2D eigenvalue weighted by Gasteiger charge is -2.38. The SMILES string of the molecule is CCOC(=O)CCC1CCCCN1C(C)C. The van der Waals surface area contributed by atoms with Gasteiger partial charge in [-0.25, -0.2) is 0 Å². The number of hydrogen-bond donors (Lipinski definition) is 0. The molecule has 1 unspecified atom stereocenters. The summed E-state index contributed by atoms with van der Waals surface area (Å²) in [4.78, 5) is 13.9. The van der Waals surface area contributed by atoms with E-state index in [1.807, 2.05) is 6.92 Å². The number of nitrogens with zero attached hydrogens (tertiary/aromatic N) is 1. The number of esters is 1. The number of carbonyl (C=O) groups excluding carboxylic acids is 1. The molecule has 0 bridgehead atoms. The maximum atomic E-state index is 11.3. The van der Waals surface area contributed by atoms with Gasteiger partial charge in [-0.2, -0.15) is 0 Å². The fraction of sp³-hybridized carbons (Fsp3) is 0.923. The molecule has 1 aliphatic rings. The Bertz CT molecular complexity index is 216. The van der Waals surface area contributed by atoms with Gasteiger partial charge in [0.25, 0.3) is 0 Å². The summed E-state index contributed by atoms with van der Waals surface area (Å²) in [5.41, 5.74) is 0. The van der Waals surface area contributed by atoms with Gasteiger partial charge in [-0.15, -0.1) is 0 Å². The van der Waals surface area contributed by atoms with Crippen LogP contribution in [0, 0.1) is 0 Å². The molecule has 1 saturated heterocycles. The maximum absolute atomic E-state index is 11.3. The van der Waals surface area contributed by atoms with Gasteiger partial charge < -0.3 is 4.74 Å². The molecule has 3 heteroatoms. The van der Waals surface area contributed by atoms with Gasteiger partial charge in [0.1, 0.15) is 0 Å². The molecule has 0 N–H and O–H groups in total. The lowest BCUT2D eigenvalue weighted by Crippen LogP contribution is -2.44. The molecule has 94 valence electrons.